The number of carbonyl (C=O) groups excluding carboxylic acids is 3. The van der Waals surface area contributed by atoms with E-state index in [1.165, 1.54) is 6.92 Å². The third kappa shape index (κ3) is 9.52. The number of amides is 3. The molecule has 11 nitrogen and oxygen atoms in total. The van der Waals surface area contributed by atoms with Gasteiger partial charge in [-0.3, -0.25) is 19.2 Å². The minimum absolute atomic E-state index is 0.0394. The number of hydrogen-bond acceptors (Lipinski definition) is 7. The molecular formula is C13H22N4O7S. The Morgan fingerprint density at radius 2 is 1.64 bits per heavy atom. The van der Waals surface area contributed by atoms with Crippen LogP contribution in [0.1, 0.15) is 19.8 Å². The Balaban J connectivity index is 4.49. The highest BCUT2D eigenvalue weighted by Crippen LogP contribution is 1.98. The van der Waals surface area contributed by atoms with Crippen molar-refractivity contribution in [2.75, 3.05) is 12.3 Å². The maximum absolute atomic E-state index is 11.9. The van der Waals surface area contributed by atoms with Crippen LogP contribution in [-0.2, 0) is 24.0 Å². The lowest BCUT2D eigenvalue weighted by atomic mass is 10.1. The summed E-state index contributed by atoms with van der Waals surface area (Å²) >= 11 is 3.92. The Kier molecular flexibility index (Phi) is 10.2. The van der Waals surface area contributed by atoms with Gasteiger partial charge < -0.3 is 31.9 Å². The summed E-state index contributed by atoms with van der Waals surface area (Å²) in [6.07, 6.45) is -0.733. The molecule has 0 rings (SSSR count). The van der Waals surface area contributed by atoms with Crippen molar-refractivity contribution in [3.05, 3.63) is 0 Å². The first kappa shape index (κ1) is 22.7. The zero-order valence-electron chi connectivity index (χ0n) is 13.5. The molecular weight excluding hydrogens is 356 g/mol. The van der Waals surface area contributed by atoms with Crippen LogP contribution in [-0.4, -0.2) is 70.3 Å². The van der Waals surface area contributed by atoms with Gasteiger partial charge in [-0.25, -0.2) is 4.79 Å². The topological polar surface area (TPSA) is 188 Å². The first-order valence-electron chi connectivity index (χ1n) is 7.27. The molecule has 0 aliphatic rings. The lowest BCUT2D eigenvalue weighted by Gasteiger charge is -2.18. The monoisotopic (exact) mass is 378 g/mol. The van der Waals surface area contributed by atoms with E-state index < -0.39 is 60.8 Å². The first-order chi connectivity index (χ1) is 11.6. The fraction of sp³-hybridized carbons (Fsp3) is 0.615. The van der Waals surface area contributed by atoms with Gasteiger partial charge in [0.2, 0.25) is 17.7 Å². The molecule has 0 radical (unpaired) electrons. The van der Waals surface area contributed by atoms with Gasteiger partial charge in [-0.2, -0.15) is 12.6 Å². The molecule has 0 heterocycles. The number of rotatable bonds is 11. The van der Waals surface area contributed by atoms with E-state index in [0.717, 1.165) is 0 Å². The SMILES string of the molecule is CC(N)C(=O)NC(CS)C(=O)NCC(=O)NC(CCC(=O)O)C(=O)O. The van der Waals surface area contributed by atoms with Crippen molar-refractivity contribution >= 4 is 42.3 Å². The van der Waals surface area contributed by atoms with Crippen LogP contribution in [0.15, 0.2) is 0 Å². The smallest absolute Gasteiger partial charge is 0.326 e. The summed E-state index contributed by atoms with van der Waals surface area (Å²) in [7, 11) is 0. The van der Waals surface area contributed by atoms with E-state index in [4.69, 9.17) is 15.9 Å². The van der Waals surface area contributed by atoms with Crippen molar-refractivity contribution in [1.82, 2.24) is 16.0 Å². The Bertz CT molecular complexity index is 527. The second-order valence-corrected chi connectivity index (χ2v) is 5.51. The zero-order valence-corrected chi connectivity index (χ0v) is 14.4. The third-order valence-electron chi connectivity index (χ3n) is 2.93. The molecule has 3 atom stereocenters. The number of thiol groups is 1. The minimum Gasteiger partial charge on any atom is -0.481 e. The summed E-state index contributed by atoms with van der Waals surface area (Å²) < 4.78 is 0. The van der Waals surface area contributed by atoms with Gasteiger partial charge in [0.1, 0.15) is 12.1 Å². The van der Waals surface area contributed by atoms with Gasteiger partial charge in [-0.05, 0) is 13.3 Å². The highest BCUT2D eigenvalue weighted by molar-refractivity contribution is 7.80. The summed E-state index contributed by atoms with van der Waals surface area (Å²) in [5.41, 5.74) is 5.36. The van der Waals surface area contributed by atoms with Crippen molar-refractivity contribution in [2.45, 2.75) is 37.9 Å². The second-order valence-electron chi connectivity index (χ2n) is 5.14. The Morgan fingerprint density at radius 3 is 2.08 bits per heavy atom. The number of carboxylic acid groups (broad SMARTS) is 2. The Labute approximate surface area is 149 Å². The van der Waals surface area contributed by atoms with Crippen LogP contribution >= 0.6 is 12.6 Å². The quantitative estimate of drug-likeness (QED) is 0.189. The van der Waals surface area contributed by atoms with Crippen molar-refractivity contribution < 1.29 is 34.2 Å². The van der Waals surface area contributed by atoms with Crippen molar-refractivity contribution in [3.63, 3.8) is 0 Å². The van der Waals surface area contributed by atoms with E-state index in [2.05, 4.69) is 28.6 Å². The number of carboxylic acids is 2. The van der Waals surface area contributed by atoms with Crippen molar-refractivity contribution in [3.8, 4) is 0 Å². The maximum atomic E-state index is 11.9. The molecule has 12 heteroatoms. The standard InChI is InChI=1S/C13H22N4O7S/c1-6(14)11(21)17-8(5-25)12(22)15-4-9(18)16-7(13(23)24)2-3-10(19)20/h6-8,25H,2-5,14H2,1H3,(H,15,22)(H,16,18)(H,17,21)(H,19,20)(H,23,24). The zero-order chi connectivity index (χ0) is 19.6. The van der Waals surface area contributed by atoms with E-state index in [1.807, 2.05) is 0 Å². The molecule has 0 saturated carbocycles. The van der Waals surface area contributed by atoms with Crippen LogP contribution in [0, 0.1) is 0 Å². The van der Waals surface area contributed by atoms with Crippen LogP contribution in [0.3, 0.4) is 0 Å². The fourth-order valence-corrected chi connectivity index (χ4v) is 1.82. The van der Waals surface area contributed by atoms with Gasteiger partial charge in [0.05, 0.1) is 12.6 Å². The van der Waals surface area contributed by atoms with Gasteiger partial charge >= 0.3 is 11.9 Å². The van der Waals surface area contributed by atoms with E-state index in [9.17, 15) is 24.0 Å². The van der Waals surface area contributed by atoms with Crippen LogP contribution in [0.5, 0.6) is 0 Å². The van der Waals surface area contributed by atoms with Crippen LogP contribution in [0.4, 0.5) is 0 Å². The predicted octanol–water partition coefficient (Wildman–Crippen LogP) is -2.70. The molecule has 0 saturated heterocycles. The number of nitrogens with one attached hydrogen (secondary N) is 3. The Hall–Kier alpha value is -2.34. The van der Waals surface area contributed by atoms with Gasteiger partial charge in [0, 0.05) is 12.2 Å². The van der Waals surface area contributed by atoms with Crippen LogP contribution in [0.2, 0.25) is 0 Å². The maximum Gasteiger partial charge on any atom is 0.326 e. The molecule has 0 aromatic rings. The molecule has 25 heavy (non-hydrogen) atoms. The average molecular weight is 378 g/mol. The molecule has 0 aromatic carbocycles. The minimum atomic E-state index is -1.39. The lowest BCUT2D eigenvalue weighted by molar-refractivity contribution is -0.143. The third-order valence-corrected chi connectivity index (χ3v) is 3.30. The summed E-state index contributed by atoms with van der Waals surface area (Å²) in [4.78, 5) is 56.4. The van der Waals surface area contributed by atoms with Crippen LogP contribution in [0.25, 0.3) is 0 Å². The largest absolute Gasteiger partial charge is 0.481 e. The number of carbonyl (C=O) groups is 5. The van der Waals surface area contributed by atoms with E-state index in [-0.39, 0.29) is 12.2 Å². The van der Waals surface area contributed by atoms with Crippen molar-refractivity contribution in [1.29, 1.82) is 0 Å². The van der Waals surface area contributed by atoms with Gasteiger partial charge in [0.25, 0.3) is 0 Å². The molecule has 0 bridgehead atoms. The van der Waals surface area contributed by atoms with E-state index in [1.54, 1.807) is 0 Å². The molecule has 7 N–H and O–H groups in total. The molecule has 0 aromatic heterocycles. The highest BCUT2D eigenvalue weighted by Gasteiger charge is 2.23. The molecule has 142 valence electrons. The molecule has 0 spiro atoms. The molecule has 0 fully saturated rings. The Morgan fingerprint density at radius 1 is 1.04 bits per heavy atom. The number of hydrogen-bond donors (Lipinski definition) is 7. The summed E-state index contributed by atoms with van der Waals surface area (Å²) in [6.45, 7) is 0.882. The summed E-state index contributed by atoms with van der Waals surface area (Å²) in [5, 5.41) is 24.1. The lowest BCUT2D eigenvalue weighted by Crippen LogP contribution is -2.53. The number of nitrogens with two attached hydrogens (primary N) is 1. The second kappa shape index (κ2) is 11.3. The van der Waals surface area contributed by atoms with E-state index in [0.29, 0.717) is 0 Å². The van der Waals surface area contributed by atoms with Gasteiger partial charge in [0.15, 0.2) is 0 Å². The average Bonchev–Trinajstić information content (AvgIpc) is 2.53. The van der Waals surface area contributed by atoms with Crippen molar-refractivity contribution in [2.24, 2.45) is 5.73 Å². The number of aliphatic carboxylic acids is 2. The van der Waals surface area contributed by atoms with Gasteiger partial charge in [-0.15, -0.1) is 0 Å². The summed E-state index contributed by atoms with van der Waals surface area (Å²) in [6, 6.07) is -3.24. The molecule has 3 amide bonds. The predicted molar refractivity (Wildman–Crippen MR) is 88.9 cm³/mol. The summed E-state index contributed by atoms with van der Waals surface area (Å²) in [5.74, 6) is -4.71. The normalized spacial score (nSPS) is 13.9. The molecule has 3 unspecified atom stereocenters. The highest BCUT2D eigenvalue weighted by atomic mass is 32.1. The van der Waals surface area contributed by atoms with E-state index >= 15 is 0 Å². The first-order valence-corrected chi connectivity index (χ1v) is 7.90. The molecule has 0 aliphatic carbocycles. The molecule has 0 aliphatic heterocycles. The van der Waals surface area contributed by atoms with Gasteiger partial charge in [-0.1, -0.05) is 0 Å². The fourth-order valence-electron chi connectivity index (χ4n) is 1.56. The van der Waals surface area contributed by atoms with Crippen LogP contribution < -0.4 is 21.7 Å².